The Morgan fingerprint density at radius 2 is 1.34 bits per heavy atom. The molecule has 4 saturated heterocycles. The fourth-order valence-corrected chi connectivity index (χ4v) is 13.6. The van der Waals surface area contributed by atoms with Gasteiger partial charge >= 0.3 is 5.97 Å². The minimum atomic E-state index is -0.868. The maximum absolute atomic E-state index is 12.1. The summed E-state index contributed by atoms with van der Waals surface area (Å²) in [6.45, 7) is 12.4. The molecule has 0 aromatic rings. The van der Waals surface area contributed by atoms with Gasteiger partial charge in [-0.15, -0.1) is 0 Å². The highest BCUT2D eigenvalue weighted by Gasteiger charge is 2.90. The predicted octanol–water partition coefficient (Wildman–Crippen LogP) is 2.77. The summed E-state index contributed by atoms with van der Waals surface area (Å²) < 4.78 is 49.5. The van der Waals surface area contributed by atoms with E-state index >= 15 is 0 Å². The van der Waals surface area contributed by atoms with Crippen molar-refractivity contribution in [3.05, 3.63) is 11.6 Å². The summed E-state index contributed by atoms with van der Waals surface area (Å²) in [5, 5.41) is 55.9. The number of hydrogen-bond acceptors (Lipinski definition) is 14. The first-order chi connectivity index (χ1) is 26.4. The molecule has 2 spiro atoms. The summed E-state index contributed by atoms with van der Waals surface area (Å²) in [7, 11) is 0. The molecular weight excluding hydrogens is 728 g/mol. The molecular formula is C42H64O14. The summed E-state index contributed by atoms with van der Waals surface area (Å²) >= 11 is 0. The number of fused-ring (bicyclic) bond motifs is 2. The molecule has 0 bridgehead atoms. The number of rotatable bonds is 7. The highest BCUT2D eigenvalue weighted by atomic mass is 16.7. The van der Waals surface area contributed by atoms with Gasteiger partial charge < -0.3 is 63.4 Å². The third-order valence-corrected chi connectivity index (χ3v) is 16.9. The van der Waals surface area contributed by atoms with Crippen molar-refractivity contribution in [2.45, 2.75) is 209 Å². The average Bonchev–Trinajstić information content (AvgIpc) is 3.48. The van der Waals surface area contributed by atoms with Crippen LogP contribution in [0.2, 0.25) is 0 Å². The Morgan fingerprint density at radius 1 is 0.696 bits per heavy atom. The molecule has 5 aliphatic heterocycles. The van der Waals surface area contributed by atoms with Gasteiger partial charge in [-0.05, 0) is 88.0 Å². The molecule has 14 nitrogen and oxygen atoms in total. The lowest BCUT2D eigenvalue weighted by atomic mass is 9.39. The topological polar surface area (TPSA) is 195 Å². The first kappa shape index (κ1) is 40.2. The van der Waals surface area contributed by atoms with E-state index in [9.17, 15) is 30.3 Å². The van der Waals surface area contributed by atoms with Crippen LogP contribution < -0.4 is 0 Å². The third kappa shape index (κ3) is 5.89. The SMILES string of the molecule is CC1OC(O[C@@H]2C(O)CC(O[C@@H]3C(O)C[C@@H](OC4CC[C@@]5(C)C6CC(O)[C@]7(C)C(C8=CC(=O)OC8)C(O)C[C@]78OC68CC[C@@]5(C)C4)OC3C)OC2C)CCC1O. The first-order valence-electron chi connectivity index (χ1n) is 21.3. The Kier molecular flexibility index (Phi) is 9.96. The van der Waals surface area contributed by atoms with Gasteiger partial charge in [-0.25, -0.2) is 4.79 Å². The first-order valence-corrected chi connectivity index (χ1v) is 21.3. The van der Waals surface area contributed by atoms with Crippen LogP contribution in [0.3, 0.4) is 0 Å². The minimum absolute atomic E-state index is 0.0737. The van der Waals surface area contributed by atoms with E-state index in [0.717, 1.165) is 37.7 Å². The maximum Gasteiger partial charge on any atom is 0.331 e. The highest BCUT2D eigenvalue weighted by Crippen LogP contribution is 2.83. The third-order valence-electron chi connectivity index (χ3n) is 16.9. The average molecular weight is 793 g/mol. The molecule has 56 heavy (non-hydrogen) atoms. The van der Waals surface area contributed by atoms with Gasteiger partial charge in [0.1, 0.15) is 30.0 Å². The second-order valence-electron chi connectivity index (χ2n) is 19.7. The standard InChI is InChI=1S/C42H64O14/c1-20-25(43)7-8-32(50-20)54-36-21(2)52-34(15-27(36)45)55-37-22(3)51-33(14-26(37)44)53-24-9-10-39(5)29-16-30(47)40(6)35(23-13-31(48)49-19-23)28(46)18-42(40)41(29,56-42)12-11-38(39,4)17-24/h13,20-22,24-30,32-37,43-47H,7-12,14-19H2,1-6H3/t20?,21?,22?,24?,25?,26?,27?,28?,29?,30?,32?,33-,34?,35?,36+,37+,38+,39+,40-,41?,42+/m1/s1. The van der Waals surface area contributed by atoms with E-state index in [4.69, 9.17) is 37.9 Å². The number of cyclic esters (lactones) is 1. The number of epoxide rings is 1. The molecule has 0 aromatic carbocycles. The molecule has 5 heterocycles. The molecule has 21 atom stereocenters. The Balaban J connectivity index is 0.806. The van der Waals surface area contributed by atoms with Crippen LogP contribution in [0.4, 0.5) is 0 Å². The van der Waals surface area contributed by atoms with E-state index in [1.54, 1.807) is 6.92 Å². The number of carbonyl (C=O) groups excluding carboxylic acids is 1. The number of carbonyl (C=O) groups is 1. The van der Waals surface area contributed by atoms with Crippen LogP contribution in [0.5, 0.6) is 0 Å². The normalized spacial score (nSPS) is 58.0. The van der Waals surface area contributed by atoms with Crippen LogP contribution in [-0.4, -0.2) is 135 Å². The fourth-order valence-electron chi connectivity index (χ4n) is 13.6. The Labute approximate surface area is 329 Å². The van der Waals surface area contributed by atoms with Crippen LogP contribution in [-0.2, 0) is 42.7 Å². The van der Waals surface area contributed by atoms with E-state index in [0.29, 0.717) is 25.7 Å². The van der Waals surface area contributed by atoms with E-state index in [1.165, 1.54) is 6.08 Å². The number of aliphatic hydroxyl groups excluding tert-OH is 5. The lowest BCUT2D eigenvalue weighted by molar-refractivity contribution is -0.333. The van der Waals surface area contributed by atoms with E-state index in [1.807, 2.05) is 13.8 Å². The van der Waals surface area contributed by atoms with E-state index in [-0.39, 0.29) is 48.4 Å². The van der Waals surface area contributed by atoms with Gasteiger partial charge in [-0.2, -0.15) is 0 Å². The van der Waals surface area contributed by atoms with Crippen molar-refractivity contribution in [3.63, 3.8) is 0 Å². The number of esters is 1. The lowest BCUT2D eigenvalue weighted by Crippen LogP contribution is -2.65. The van der Waals surface area contributed by atoms with Crippen molar-refractivity contribution in [3.8, 4) is 0 Å². The van der Waals surface area contributed by atoms with Gasteiger partial charge in [0, 0.05) is 43.1 Å². The molecule has 4 aliphatic carbocycles. The van der Waals surface area contributed by atoms with E-state index < -0.39 is 102 Å². The quantitative estimate of drug-likeness (QED) is 0.144. The fraction of sp³-hybridized carbons (Fsp3) is 0.929. The monoisotopic (exact) mass is 792 g/mol. The maximum atomic E-state index is 12.1. The van der Waals surface area contributed by atoms with Gasteiger partial charge in [0.05, 0.1) is 54.9 Å². The second kappa shape index (κ2) is 13.9. The number of aliphatic hydroxyl groups is 5. The summed E-state index contributed by atoms with van der Waals surface area (Å²) in [4.78, 5) is 12.0. The Bertz CT molecular complexity index is 1540. The highest BCUT2D eigenvalue weighted by molar-refractivity contribution is 5.85. The molecule has 0 radical (unpaired) electrons. The molecule has 8 fully saturated rings. The van der Waals surface area contributed by atoms with Gasteiger partial charge in [0.25, 0.3) is 0 Å². The molecule has 14 unspecified atom stereocenters. The number of ether oxygens (including phenoxy) is 8. The van der Waals surface area contributed by atoms with Crippen molar-refractivity contribution in [1.82, 2.24) is 0 Å². The van der Waals surface area contributed by atoms with Crippen LogP contribution >= 0.6 is 0 Å². The number of hydrogen-bond donors (Lipinski definition) is 5. The Morgan fingerprint density at radius 3 is 1.96 bits per heavy atom. The van der Waals surface area contributed by atoms with Gasteiger partial charge in [0.15, 0.2) is 18.9 Å². The molecule has 0 amide bonds. The van der Waals surface area contributed by atoms with E-state index in [2.05, 4.69) is 20.8 Å². The molecule has 0 aromatic heterocycles. The minimum Gasteiger partial charge on any atom is -0.458 e. The second-order valence-corrected chi connectivity index (χ2v) is 19.7. The smallest absolute Gasteiger partial charge is 0.331 e. The summed E-state index contributed by atoms with van der Waals surface area (Å²) in [5.74, 6) is -0.684. The van der Waals surface area contributed by atoms with Crippen molar-refractivity contribution in [2.75, 3.05) is 6.61 Å². The zero-order chi connectivity index (χ0) is 39.7. The lowest BCUT2D eigenvalue weighted by Gasteiger charge is -2.64. The molecule has 9 rings (SSSR count). The Hall–Kier alpha value is -1.27. The van der Waals surface area contributed by atoms with Crippen LogP contribution in [0.1, 0.15) is 112 Å². The van der Waals surface area contributed by atoms with Crippen molar-refractivity contribution >= 4 is 5.97 Å². The molecule has 9 aliphatic rings. The summed E-state index contributed by atoms with van der Waals surface area (Å²) in [5.41, 5.74) is -1.28. The summed E-state index contributed by atoms with van der Waals surface area (Å²) in [6, 6.07) is 0. The van der Waals surface area contributed by atoms with Crippen LogP contribution in [0.25, 0.3) is 0 Å². The van der Waals surface area contributed by atoms with Crippen molar-refractivity contribution in [1.29, 1.82) is 0 Å². The predicted molar refractivity (Wildman–Crippen MR) is 195 cm³/mol. The zero-order valence-electron chi connectivity index (χ0n) is 33.7. The molecule has 14 heteroatoms. The van der Waals surface area contributed by atoms with Gasteiger partial charge in [-0.3, -0.25) is 0 Å². The molecule has 4 saturated carbocycles. The van der Waals surface area contributed by atoms with Gasteiger partial charge in [0.2, 0.25) is 0 Å². The zero-order valence-corrected chi connectivity index (χ0v) is 33.7. The summed E-state index contributed by atoms with van der Waals surface area (Å²) in [6.07, 6.45) is -0.0264. The van der Waals surface area contributed by atoms with Gasteiger partial charge in [-0.1, -0.05) is 20.8 Å². The van der Waals surface area contributed by atoms with Crippen molar-refractivity contribution in [2.24, 2.45) is 28.1 Å². The molecule has 316 valence electrons. The molecule has 5 N–H and O–H groups in total. The van der Waals surface area contributed by atoms with Crippen LogP contribution in [0, 0.1) is 28.1 Å². The van der Waals surface area contributed by atoms with Crippen molar-refractivity contribution < 1.29 is 68.2 Å². The largest absolute Gasteiger partial charge is 0.458 e. The van der Waals surface area contributed by atoms with Crippen LogP contribution in [0.15, 0.2) is 11.6 Å².